The number of carbonyl (C=O) groups excluding carboxylic acids is 1. The highest BCUT2D eigenvalue weighted by molar-refractivity contribution is 6.00. The van der Waals surface area contributed by atoms with Crippen LogP contribution in [0.1, 0.15) is 43.4 Å². The molecule has 0 saturated heterocycles. The van der Waals surface area contributed by atoms with Crippen LogP contribution in [0.5, 0.6) is 0 Å². The molecule has 2 aromatic carbocycles. The summed E-state index contributed by atoms with van der Waals surface area (Å²) in [7, 11) is 2.12. The fraction of sp³-hybridized carbons (Fsp3) is 0.350. The van der Waals surface area contributed by atoms with Gasteiger partial charge in [-0.2, -0.15) is 0 Å². The van der Waals surface area contributed by atoms with Gasteiger partial charge in [0.2, 0.25) is 5.91 Å². The SMILES string of the molecule is C[C@@H]1C[C@@]2(C)C(=O)Nc3ccccc3[C@H]2N(C)c2ccccc21. The van der Waals surface area contributed by atoms with E-state index in [1.807, 2.05) is 12.1 Å². The van der Waals surface area contributed by atoms with E-state index in [1.165, 1.54) is 16.8 Å². The molecule has 0 saturated carbocycles. The second-order valence-corrected chi connectivity index (χ2v) is 7.14. The van der Waals surface area contributed by atoms with E-state index in [0.29, 0.717) is 5.92 Å². The molecule has 2 aromatic rings. The topological polar surface area (TPSA) is 32.3 Å². The first-order chi connectivity index (χ1) is 11.0. The second-order valence-electron chi connectivity index (χ2n) is 7.14. The van der Waals surface area contributed by atoms with Gasteiger partial charge < -0.3 is 10.2 Å². The molecule has 0 aromatic heterocycles. The fourth-order valence-corrected chi connectivity index (χ4v) is 4.53. The van der Waals surface area contributed by atoms with Gasteiger partial charge in [0.25, 0.3) is 0 Å². The number of nitrogens with one attached hydrogen (secondary N) is 1. The molecule has 2 aliphatic heterocycles. The Kier molecular flexibility index (Phi) is 3.02. The molecule has 0 bridgehead atoms. The van der Waals surface area contributed by atoms with Crippen LogP contribution in [0, 0.1) is 5.41 Å². The number of amides is 1. The summed E-state index contributed by atoms with van der Waals surface area (Å²) in [5.74, 6) is 0.479. The molecule has 0 spiro atoms. The van der Waals surface area contributed by atoms with Crippen LogP contribution in [0.3, 0.4) is 0 Å². The number of hydrogen-bond acceptors (Lipinski definition) is 2. The van der Waals surface area contributed by atoms with Crippen molar-refractivity contribution in [2.24, 2.45) is 5.41 Å². The molecule has 0 aliphatic carbocycles. The first kappa shape index (κ1) is 14.3. The summed E-state index contributed by atoms with van der Waals surface area (Å²) in [6, 6.07) is 16.8. The smallest absolute Gasteiger partial charge is 0.232 e. The van der Waals surface area contributed by atoms with E-state index >= 15 is 0 Å². The van der Waals surface area contributed by atoms with Gasteiger partial charge >= 0.3 is 0 Å². The molecule has 4 rings (SSSR count). The Hall–Kier alpha value is -2.29. The van der Waals surface area contributed by atoms with Crippen LogP contribution in [-0.4, -0.2) is 13.0 Å². The van der Waals surface area contributed by atoms with Crippen molar-refractivity contribution in [1.29, 1.82) is 0 Å². The normalized spacial score (nSPS) is 29.0. The van der Waals surface area contributed by atoms with Gasteiger partial charge in [-0.15, -0.1) is 0 Å². The molecule has 1 amide bonds. The zero-order chi connectivity index (χ0) is 16.2. The van der Waals surface area contributed by atoms with Crippen LogP contribution in [0.15, 0.2) is 48.5 Å². The zero-order valence-corrected chi connectivity index (χ0v) is 13.8. The number of para-hydroxylation sites is 2. The summed E-state index contributed by atoms with van der Waals surface area (Å²) in [5.41, 5.74) is 4.27. The summed E-state index contributed by atoms with van der Waals surface area (Å²) in [6.07, 6.45) is 0.846. The van der Waals surface area contributed by atoms with E-state index in [1.54, 1.807) is 0 Å². The molecule has 3 atom stereocenters. The van der Waals surface area contributed by atoms with Crippen LogP contribution in [-0.2, 0) is 4.79 Å². The van der Waals surface area contributed by atoms with E-state index in [4.69, 9.17) is 0 Å². The van der Waals surface area contributed by atoms with Crippen LogP contribution in [0.25, 0.3) is 0 Å². The molecule has 1 N–H and O–H groups in total. The lowest BCUT2D eigenvalue weighted by Gasteiger charge is -2.45. The highest BCUT2D eigenvalue weighted by Gasteiger charge is 2.51. The van der Waals surface area contributed by atoms with Crippen molar-refractivity contribution < 1.29 is 4.79 Å². The van der Waals surface area contributed by atoms with Gasteiger partial charge in [0.1, 0.15) is 0 Å². The number of rotatable bonds is 0. The first-order valence-corrected chi connectivity index (χ1v) is 8.24. The van der Waals surface area contributed by atoms with Crippen molar-refractivity contribution in [3.8, 4) is 0 Å². The van der Waals surface area contributed by atoms with Crippen molar-refractivity contribution >= 4 is 17.3 Å². The molecule has 0 unspecified atom stereocenters. The van der Waals surface area contributed by atoms with Gasteiger partial charge in [-0.1, -0.05) is 43.3 Å². The van der Waals surface area contributed by atoms with Gasteiger partial charge in [0, 0.05) is 18.4 Å². The quantitative estimate of drug-likeness (QED) is 0.785. The Labute approximate surface area is 137 Å². The molecule has 3 nitrogen and oxygen atoms in total. The van der Waals surface area contributed by atoms with Crippen LogP contribution < -0.4 is 10.2 Å². The highest BCUT2D eigenvalue weighted by atomic mass is 16.2. The monoisotopic (exact) mass is 306 g/mol. The number of fused-ring (bicyclic) bond motifs is 4. The third-order valence-electron chi connectivity index (χ3n) is 5.59. The van der Waals surface area contributed by atoms with Crippen molar-refractivity contribution in [3.05, 3.63) is 59.7 Å². The standard InChI is InChI=1S/C20H22N2O/c1-13-12-20(2)18(22(3)17-11-7-5-8-14(13)17)15-9-4-6-10-16(15)21-19(20)23/h4-11,13,18H,12H2,1-3H3,(H,21,23)/t13-,18-,20-/m1/s1. The minimum absolute atomic E-state index is 0.0542. The summed E-state index contributed by atoms with van der Waals surface area (Å²) in [5, 5.41) is 3.13. The average Bonchev–Trinajstić information content (AvgIpc) is 2.63. The molecule has 2 heterocycles. The molecular weight excluding hydrogens is 284 g/mol. The summed E-state index contributed by atoms with van der Waals surface area (Å²) >= 11 is 0. The van der Waals surface area contributed by atoms with Gasteiger partial charge in [-0.25, -0.2) is 0 Å². The fourth-order valence-electron chi connectivity index (χ4n) is 4.53. The lowest BCUT2D eigenvalue weighted by molar-refractivity contribution is -0.127. The number of hydrogen-bond donors (Lipinski definition) is 1. The molecule has 118 valence electrons. The predicted octanol–water partition coefficient (Wildman–Crippen LogP) is 4.33. The van der Waals surface area contributed by atoms with E-state index in [9.17, 15) is 4.79 Å². The Balaban J connectivity index is 1.97. The second kappa shape index (κ2) is 4.85. The van der Waals surface area contributed by atoms with Crippen LogP contribution in [0.2, 0.25) is 0 Å². The molecule has 23 heavy (non-hydrogen) atoms. The minimum atomic E-state index is -0.443. The van der Waals surface area contributed by atoms with E-state index in [-0.39, 0.29) is 11.9 Å². The maximum absolute atomic E-state index is 13.0. The number of anilines is 2. The van der Waals surface area contributed by atoms with Gasteiger partial charge in [-0.05, 0) is 42.5 Å². The van der Waals surface area contributed by atoms with Crippen molar-refractivity contribution in [2.75, 3.05) is 17.3 Å². The maximum atomic E-state index is 13.0. The number of benzene rings is 2. The first-order valence-electron chi connectivity index (χ1n) is 8.24. The van der Waals surface area contributed by atoms with Gasteiger partial charge in [0.05, 0.1) is 11.5 Å². The highest BCUT2D eigenvalue weighted by Crippen LogP contribution is 2.54. The molecular formula is C20H22N2O. The average molecular weight is 306 g/mol. The van der Waals surface area contributed by atoms with E-state index < -0.39 is 5.41 Å². The van der Waals surface area contributed by atoms with Crippen LogP contribution >= 0.6 is 0 Å². The van der Waals surface area contributed by atoms with E-state index in [2.05, 4.69) is 67.5 Å². The molecule has 3 heteroatoms. The van der Waals surface area contributed by atoms with Crippen molar-refractivity contribution in [2.45, 2.75) is 32.2 Å². The van der Waals surface area contributed by atoms with Crippen molar-refractivity contribution in [3.63, 3.8) is 0 Å². The van der Waals surface area contributed by atoms with Crippen LogP contribution in [0.4, 0.5) is 11.4 Å². The Morgan fingerprint density at radius 3 is 2.52 bits per heavy atom. The molecule has 0 fully saturated rings. The lowest BCUT2D eigenvalue weighted by Crippen LogP contribution is -2.48. The largest absolute Gasteiger partial charge is 0.366 e. The number of carbonyl (C=O) groups is 1. The van der Waals surface area contributed by atoms with Gasteiger partial charge in [0.15, 0.2) is 0 Å². The van der Waals surface area contributed by atoms with Gasteiger partial charge in [-0.3, -0.25) is 4.79 Å². The van der Waals surface area contributed by atoms with Crippen molar-refractivity contribution in [1.82, 2.24) is 0 Å². The Bertz CT molecular complexity index is 785. The third-order valence-corrected chi connectivity index (χ3v) is 5.59. The third kappa shape index (κ3) is 1.92. The Morgan fingerprint density at radius 1 is 1.09 bits per heavy atom. The summed E-state index contributed by atoms with van der Waals surface area (Å²) in [4.78, 5) is 15.3. The Morgan fingerprint density at radius 2 is 1.74 bits per heavy atom. The summed E-state index contributed by atoms with van der Waals surface area (Å²) in [6.45, 7) is 4.34. The lowest BCUT2D eigenvalue weighted by atomic mass is 9.69. The zero-order valence-electron chi connectivity index (χ0n) is 13.8. The number of nitrogens with zero attached hydrogens (tertiary/aromatic N) is 1. The predicted molar refractivity (Wildman–Crippen MR) is 93.8 cm³/mol. The molecule has 2 aliphatic rings. The molecule has 0 radical (unpaired) electrons. The maximum Gasteiger partial charge on any atom is 0.232 e. The van der Waals surface area contributed by atoms with E-state index in [0.717, 1.165) is 12.1 Å². The summed E-state index contributed by atoms with van der Waals surface area (Å²) < 4.78 is 0. The minimum Gasteiger partial charge on any atom is -0.366 e.